The monoisotopic (exact) mass is 235 g/mol. The summed E-state index contributed by atoms with van der Waals surface area (Å²) in [7, 11) is 0. The Kier molecular flexibility index (Phi) is 4.55. The highest BCUT2D eigenvalue weighted by molar-refractivity contribution is 5.60. The van der Waals surface area contributed by atoms with Gasteiger partial charge in [-0.1, -0.05) is 12.8 Å². The fraction of sp³-hybridized carbons (Fsp3) is 0.667. The Morgan fingerprint density at radius 2 is 1.82 bits per heavy atom. The van der Waals surface area contributed by atoms with Gasteiger partial charge in [-0.3, -0.25) is 0 Å². The molecule has 0 aromatic carbocycles. The van der Waals surface area contributed by atoms with E-state index < -0.39 is 0 Å². The van der Waals surface area contributed by atoms with Crippen LogP contribution in [0.1, 0.15) is 25.7 Å². The fourth-order valence-corrected chi connectivity index (χ4v) is 2.16. The summed E-state index contributed by atoms with van der Waals surface area (Å²) < 4.78 is 0. The predicted octanol–water partition coefficient (Wildman–Crippen LogP) is 1.23. The summed E-state index contributed by atoms with van der Waals surface area (Å²) >= 11 is 0. The van der Waals surface area contributed by atoms with Crippen molar-refractivity contribution in [2.24, 2.45) is 5.73 Å². The molecule has 0 spiro atoms. The van der Waals surface area contributed by atoms with Crippen LogP contribution in [0.25, 0.3) is 0 Å². The van der Waals surface area contributed by atoms with Crippen LogP contribution in [0.15, 0.2) is 12.4 Å². The van der Waals surface area contributed by atoms with Crippen molar-refractivity contribution in [2.45, 2.75) is 25.7 Å². The lowest BCUT2D eigenvalue weighted by Gasteiger charge is -2.23. The van der Waals surface area contributed by atoms with Crippen molar-refractivity contribution in [1.82, 2.24) is 9.97 Å². The lowest BCUT2D eigenvalue weighted by atomic mass is 10.2. The molecule has 1 aromatic heterocycles. The number of nitrogens with one attached hydrogen (secondary N) is 1. The van der Waals surface area contributed by atoms with Gasteiger partial charge in [-0.2, -0.15) is 0 Å². The second-order valence-corrected chi connectivity index (χ2v) is 4.35. The molecule has 1 saturated heterocycles. The molecule has 3 N–H and O–H groups in total. The molecular weight excluding hydrogens is 214 g/mol. The summed E-state index contributed by atoms with van der Waals surface area (Å²) in [5, 5.41) is 3.24. The molecule has 5 nitrogen and oxygen atoms in total. The van der Waals surface area contributed by atoms with E-state index in [1.54, 1.807) is 12.4 Å². The van der Waals surface area contributed by atoms with Gasteiger partial charge in [0.2, 0.25) is 0 Å². The number of hydrogen-bond donors (Lipinski definition) is 2. The van der Waals surface area contributed by atoms with Crippen LogP contribution in [0.4, 0.5) is 11.6 Å². The minimum atomic E-state index is 0.607. The number of hydrogen-bond acceptors (Lipinski definition) is 5. The van der Waals surface area contributed by atoms with E-state index >= 15 is 0 Å². The Labute approximate surface area is 102 Å². The first-order valence-corrected chi connectivity index (χ1v) is 6.41. The average Bonchev–Trinajstić information content (AvgIpc) is 2.65. The Morgan fingerprint density at radius 3 is 2.53 bits per heavy atom. The predicted molar refractivity (Wildman–Crippen MR) is 70.3 cm³/mol. The smallest absolute Gasteiger partial charge is 0.171 e. The molecule has 0 aliphatic carbocycles. The molecule has 0 saturated carbocycles. The van der Waals surface area contributed by atoms with E-state index in [1.165, 1.54) is 25.7 Å². The molecule has 0 amide bonds. The summed E-state index contributed by atoms with van der Waals surface area (Å²) in [6.07, 6.45) is 8.61. The summed E-state index contributed by atoms with van der Waals surface area (Å²) in [5.41, 5.74) is 5.51. The molecule has 1 aromatic rings. The van der Waals surface area contributed by atoms with Gasteiger partial charge in [0.05, 0.1) is 0 Å². The molecule has 2 heterocycles. The lowest BCUT2D eigenvalue weighted by Crippen LogP contribution is -2.27. The number of anilines is 2. The molecule has 17 heavy (non-hydrogen) atoms. The summed E-state index contributed by atoms with van der Waals surface area (Å²) in [5.74, 6) is 1.84. The Balaban J connectivity index is 2.11. The van der Waals surface area contributed by atoms with E-state index in [4.69, 9.17) is 5.73 Å². The second kappa shape index (κ2) is 6.39. The molecule has 0 atom stereocenters. The number of nitrogens with zero attached hydrogens (tertiary/aromatic N) is 3. The van der Waals surface area contributed by atoms with Gasteiger partial charge in [0.15, 0.2) is 11.6 Å². The maximum atomic E-state index is 5.51. The fourth-order valence-electron chi connectivity index (χ4n) is 2.16. The normalized spacial score (nSPS) is 16.6. The van der Waals surface area contributed by atoms with Crippen molar-refractivity contribution in [3.63, 3.8) is 0 Å². The van der Waals surface area contributed by atoms with Crippen LogP contribution in [-0.2, 0) is 0 Å². The van der Waals surface area contributed by atoms with Crippen LogP contribution in [-0.4, -0.2) is 36.1 Å². The van der Waals surface area contributed by atoms with Crippen LogP contribution in [0.3, 0.4) is 0 Å². The van der Waals surface area contributed by atoms with Gasteiger partial charge in [-0.15, -0.1) is 0 Å². The molecular formula is C12H21N5. The van der Waals surface area contributed by atoms with E-state index in [0.717, 1.165) is 31.3 Å². The number of aromatic nitrogens is 2. The molecule has 0 unspecified atom stereocenters. The zero-order chi connectivity index (χ0) is 11.9. The van der Waals surface area contributed by atoms with Crippen molar-refractivity contribution in [1.29, 1.82) is 0 Å². The molecule has 1 fully saturated rings. The van der Waals surface area contributed by atoms with Gasteiger partial charge in [0.25, 0.3) is 0 Å². The third kappa shape index (κ3) is 3.30. The highest BCUT2D eigenvalue weighted by Gasteiger charge is 2.15. The summed E-state index contributed by atoms with van der Waals surface area (Å²) in [4.78, 5) is 11.1. The molecule has 2 rings (SSSR count). The van der Waals surface area contributed by atoms with E-state index in [2.05, 4.69) is 20.2 Å². The zero-order valence-corrected chi connectivity index (χ0v) is 10.2. The van der Waals surface area contributed by atoms with Crippen LogP contribution in [0.5, 0.6) is 0 Å². The topological polar surface area (TPSA) is 67.1 Å². The van der Waals surface area contributed by atoms with Gasteiger partial charge in [-0.25, -0.2) is 9.97 Å². The average molecular weight is 235 g/mol. The van der Waals surface area contributed by atoms with E-state index in [9.17, 15) is 0 Å². The van der Waals surface area contributed by atoms with Gasteiger partial charge in [0.1, 0.15) is 0 Å². The largest absolute Gasteiger partial charge is 0.366 e. The minimum absolute atomic E-state index is 0.607. The zero-order valence-electron chi connectivity index (χ0n) is 10.2. The van der Waals surface area contributed by atoms with E-state index in [1.807, 2.05) is 0 Å². The van der Waals surface area contributed by atoms with Crippen LogP contribution in [0, 0.1) is 0 Å². The van der Waals surface area contributed by atoms with Crippen molar-refractivity contribution in [3.05, 3.63) is 12.4 Å². The summed E-state index contributed by atoms with van der Waals surface area (Å²) in [6.45, 7) is 3.50. The maximum Gasteiger partial charge on any atom is 0.171 e. The first-order chi connectivity index (χ1) is 8.42. The first kappa shape index (κ1) is 12.1. The minimum Gasteiger partial charge on any atom is -0.366 e. The highest BCUT2D eigenvalue weighted by Crippen LogP contribution is 2.22. The molecule has 1 aliphatic heterocycles. The Bertz CT molecular complexity index is 333. The standard InChI is InChI=1S/C12H21N5/c13-5-6-14-11-12(16-8-7-15-11)17-9-3-1-2-4-10-17/h7-8H,1-6,9-10,13H2,(H,14,15). The van der Waals surface area contributed by atoms with Crippen LogP contribution in [0.2, 0.25) is 0 Å². The van der Waals surface area contributed by atoms with Crippen molar-refractivity contribution < 1.29 is 0 Å². The first-order valence-electron chi connectivity index (χ1n) is 6.41. The van der Waals surface area contributed by atoms with Crippen molar-refractivity contribution in [3.8, 4) is 0 Å². The lowest BCUT2D eigenvalue weighted by molar-refractivity contribution is 0.726. The van der Waals surface area contributed by atoms with Crippen LogP contribution >= 0.6 is 0 Å². The van der Waals surface area contributed by atoms with Gasteiger partial charge < -0.3 is 16.0 Å². The molecule has 94 valence electrons. The SMILES string of the molecule is NCCNc1nccnc1N1CCCCCC1. The van der Waals surface area contributed by atoms with Gasteiger partial charge in [-0.05, 0) is 12.8 Å². The highest BCUT2D eigenvalue weighted by atomic mass is 15.2. The quantitative estimate of drug-likeness (QED) is 0.821. The second-order valence-electron chi connectivity index (χ2n) is 4.35. The molecule has 0 radical (unpaired) electrons. The third-order valence-electron chi connectivity index (χ3n) is 3.02. The van der Waals surface area contributed by atoms with Crippen LogP contribution < -0.4 is 16.0 Å². The van der Waals surface area contributed by atoms with Crippen molar-refractivity contribution in [2.75, 3.05) is 36.4 Å². The number of rotatable bonds is 4. The van der Waals surface area contributed by atoms with E-state index in [0.29, 0.717) is 6.54 Å². The molecule has 1 aliphatic rings. The molecule has 0 bridgehead atoms. The number of nitrogens with two attached hydrogens (primary N) is 1. The third-order valence-corrected chi connectivity index (χ3v) is 3.02. The van der Waals surface area contributed by atoms with Crippen molar-refractivity contribution >= 4 is 11.6 Å². The maximum absolute atomic E-state index is 5.51. The summed E-state index contributed by atoms with van der Waals surface area (Å²) in [6, 6.07) is 0. The van der Waals surface area contributed by atoms with Gasteiger partial charge in [0, 0.05) is 38.6 Å². The Hall–Kier alpha value is -1.36. The Morgan fingerprint density at radius 1 is 1.12 bits per heavy atom. The van der Waals surface area contributed by atoms with Gasteiger partial charge >= 0.3 is 0 Å². The van der Waals surface area contributed by atoms with E-state index in [-0.39, 0.29) is 0 Å². The molecule has 5 heteroatoms.